The summed E-state index contributed by atoms with van der Waals surface area (Å²) < 4.78 is 0. The van der Waals surface area contributed by atoms with Crippen molar-refractivity contribution in [3.63, 3.8) is 0 Å². The van der Waals surface area contributed by atoms with E-state index >= 15 is 0 Å². The molecule has 0 fully saturated rings. The Bertz CT molecular complexity index is 369. The quantitative estimate of drug-likeness (QED) is 0.121. The van der Waals surface area contributed by atoms with Gasteiger partial charge in [-0.15, -0.1) is 0 Å². The fourth-order valence-electron chi connectivity index (χ4n) is 5.77. The zero-order valence-corrected chi connectivity index (χ0v) is 24.7. The van der Waals surface area contributed by atoms with Crippen molar-refractivity contribution in [2.24, 2.45) is 0 Å². The third kappa shape index (κ3) is 18.0. The summed E-state index contributed by atoms with van der Waals surface area (Å²) in [5, 5.41) is 0. The van der Waals surface area contributed by atoms with Crippen LogP contribution in [0.4, 0.5) is 0 Å². The van der Waals surface area contributed by atoms with Crippen LogP contribution in [0, 0.1) is 0 Å². The molecule has 200 valence electrons. The molecule has 0 rings (SSSR count). The van der Waals surface area contributed by atoms with Gasteiger partial charge >= 0.3 is 0 Å². The second kappa shape index (κ2) is 21.3. The van der Waals surface area contributed by atoms with Gasteiger partial charge in [0.05, 0.1) is 0 Å². The topological polar surface area (TPSA) is 3.24 Å². The Labute approximate surface area is 212 Å². The van der Waals surface area contributed by atoms with Crippen LogP contribution in [0.15, 0.2) is 0 Å². The molecular weight excluding hydrogens is 398 g/mol. The first-order valence-electron chi connectivity index (χ1n) is 15.6. The molecule has 0 saturated carbocycles. The van der Waals surface area contributed by atoms with E-state index in [1.54, 1.807) is 0 Å². The highest BCUT2D eigenvalue weighted by Crippen LogP contribution is 2.34. The minimum absolute atomic E-state index is 0.317. The Hall–Kier alpha value is -0.0400. The Morgan fingerprint density at radius 1 is 0.364 bits per heavy atom. The average Bonchev–Trinajstić information content (AvgIpc) is 2.77. The molecule has 1 nitrogen and oxygen atoms in total. The molecule has 0 N–H and O–H groups in total. The fourth-order valence-corrected chi connectivity index (χ4v) is 5.77. The standard InChI is InChI=1S/C32H67N/c1-8-11-14-17-20-21-24-27-30-33(31(4,5)28-25-22-18-15-12-9-2)32(6,7)29-26-23-19-16-13-10-3/h8-30H2,1-7H3. The smallest absolute Gasteiger partial charge is 0.0158 e. The monoisotopic (exact) mass is 466 g/mol. The fraction of sp³-hybridized carbons (Fsp3) is 1.00. The first-order valence-corrected chi connectivity index (χ1v) is 15.6. The van der Waals surface area contributed by atoms with Crippen molar-refractivity contribution in [1.29, 1.82) is 0 Å². The zero-order chi connectivity index (χ0) is 24.8. The Morgan fingerprint density at radius 2 is 0.636 bits per heavy atom. The summed E-state index contributed by atoms with van der Waals surface area (Å²) in [4.78, 5) is 2.94. The molecule has 0 heterocycles. The van der Waals surface area contributed by atoms with Crippen LogP contribution in [-0.4, -0.2) is 22.5 Å². The third-order valence-electron chi connectivity index (χ3n) is 7.98. The molecule has 1 heteroatoms. The van der Waals surface area contributed by atoms with Crippen molar-refractivity contribution in [2.45, 2.75) is 201 Å². The van der Waals surface area contributed by atoms with Crippen molar-refractivity contribution in [3.05, 3.63) is 0 Å². The summed E-state index contributed by atoms with van der Waals surface area (Å²) in [6.07, 6.45) is 31.0. The van der Waals surface area contributed by atoms with Crippen molar-refractivity contribution >= 4 is 0 Å². The highest BCUT2D eigenvalue weighted by molar-refractivity contribution is 4.92. The van der Waals surface area contributed by atoms with Gasteiger partial charge in [-0.3, -0.25) is 4.90 Å². The van der Waals surface area contributed by atoms with Gasteiger partial charge in [-0.05, 0) is 53.5 Å². The number of hydrogen-bond acceptors (Lipinski definition) is 1. The molecule has 0 aromatic carbocycles. The summed E-state index contributed by atoms with van der Waals surface area (Å²) in [6, 6.07) is 0. The molecular formula is C32H67N. The maximum Gasteiger partial charge on any atom is 0.0158 e. The normalized spacial score (nSPS) is 12.7. The Balaban J connectivity index is 4.67. The van der Waals surface area contributed by atoms with Crippen molar-refractivity contribution < 1.29 is 0 Å². The van der Waals surface area contributed by atoms with Crippen LogP contribution in [0.25, 0.3) is 0 Å². The zero-order valence-electron chi connectivity index (χ0n) is 24.7. The molecule has 0 aliphatic heterocycles. The molecule has 0 bridgehead atoms. The van der Waals surface area contributed by atoms with E-state index in [0.29, 0.717) is 11.1 Å². The van der Waals surface area contributed by atoms with E-state index in [9.17, 15) is 0 Å². The third-order valence-corrected chi connectivity index (χ3v) is 7.98. The Kier molecular flexibility index (Phi) is 21.2. The van der Waals surface area contributed by atoms with Gasteiger partial charge in [0.2, 0.25) is 0 Å². The summed E-state index contributed by atoms with van der Waals surface area (Å²) in [6.45, 7) is 18.4. The molecule has 0 radical (unpaired) electrons. The molecule has 0 aromatic rings. The van der Waals surface area contributed by atoms with E-state index in [1.807, 2.05) is 0 Å². The van der Waals surface area contributed by atoms with Gasteiger partial charge in [-0.1, -0.05) is 143 Å². The van der Waals surface area contributed by atoms with E-state index in [4.69, 9.17) is 0 Å². The molecule has 0 aliphatic rings. The SMILES string of the molecule is CCCCCCCCCCN(C(C)(C)CCCCCCCC)C(C)(C)CCCCCCCC. The second-order valence-electron chi connectivity index (χ2n) is 12.3. The largest absolute Gasteiger partial charge is 0.293 e. The van der Waals surface area contributed by atoms with Crippen molar-refractivity contribution in [3.8, 4) is 0 Å². The molecule has 0 saturated heterocycles. The lowest BCUT2D eigenvalue weighted by atomic mass is 9.85. The van der Waals surface area contributed by atoms with Gasteiger partial charge in [0.15, 0.2) is 0 Å². The molecule has 0 aromatic heterocycles. The molecule has 0 amide bonds. The number of hydrogen-bond donors (Lipinski definition) is 0. The number of rotatable bonds is 25. The lowest BCUT2D eigenvalue weighted by molar-refractivity contribution is 0.00151. The minimum atomic E-state index is 0.317. The predicted octanol–water partition coefficient (Wildman–Crippen LogP) is 11.5. The maximum absolute atomic E-state index is 2.94. The van der Waals surface area contributed by atoms with E-state index in [0.717, 1.165) is 0 Å². The molecule has 0 spiro atoms. The van der Waals surface area contributed by atoms with Gasteiger partial charge in [0, 0.05) is 11.1 Å². The first kappa shape index (κ1) is 33.0. The molecule has 33 heavy (non-hydrogen) atoms. The van der Waals surface area contributed by atoms with Crippen LogP contribution in [0.3, 0.4) is 0 Å². The van der Waals surface area contributed by atoms with Crippen LogP contribution in [-0.2, 0) is 0 Å². The molecule has 0 aliphatic carbocycles. The first-order chi connectivity index (χ1) is 15.8. The summed E-state index contributed by atoms with van der Waals surface area (Å²) >= 11 is 0. The highest BCUT2D eigenvalue weighted by Gasteiger charge is 2.36. The van der Waals surface area contributed by atoms with Crippen LogP contribution >= 0.6 is 0 Å². The minimum Gasteiger partial charge on any atom is -0.293 e. The number of unbranched alkanes of at least 4 members (excludes halogenated alkanes) is 17. The van der Waals surface area contributed by atoms with Crippen LogP contribution in [0.2, 0.25) is 0 Å². The van der Waals surface area contributed by atoms with Crippen LogP contribution < -0.4 is 0 Å². The average molecular weight is 466 g/mol. The van der Waals surface area contributed by atoms with Crippen molar-refractivity contribution in [1.82, 2.24) is 4.90 Å². The molecule has 0 atom stereocenters. The Morgan fingerprint density at radius 3 is 0.970 bits per heavy atom. The highest BCUT2D eigenvalue weighted by atomic mass is 15.2. The summed E-state index contributed by atoms with van der Waals surface area (Å²) in [5.41, 5.74) is 0.634. The predicted molar refractivity (Wildman–Crippen MR) is 153 cm³/mol. The van der Waals surface area contributed by atoms with E-state index in [-0.39, 0.29) is 0 Å². The lowest BCUT2D eigenvalue weighted by Crippen LogP contribution is -2.55. The van der Waals surface area contributed by atoms with Gasteiger partial charge in [-0.2, -0.15) is 0 Å². The van der Waals surface area contributed by atoms with Crippen LogP contribution in [0.1, 0.15) is 190 Å². The van der Waals surface area contributed by atoms with E-state index < -0.39 is 0 Å². The van der Waals surface area contributed by atoms with Crippen LogP contribution in [0.5, 0.6) is 0 Å². The van der Waals surface area contributed by atoms with E-state index in [2.05, 4.69) is 53.4 Å². The number of nitrogens with zero attached hydrogens (tertiary/aromatic N) is 1. The van der Waals surface area contributed by atoms with Gasteiger partial charge in [0.1, 0.15) is 0 Å². The lowest BCUT2D eigenvalue weighted by Gasteiger charge is -2.49. The van der Waals surface area contributed by atoms with Gasteiger partial charge in [0.25, 0.3) is 0 Å². The van der Waals surface area contributed by atoms with Crippen molar-refractivity contribution in [2.75, 3.05) is 6.54 Å². The van der Waals surface area contributed by atoms with E-state index in [1.165, 1.54) is 148 Å². The maximum atomic E-state index is 2.94. The summed E-state index contributed by atoms with van der Waals surface area (Å²) in [5.74, 6) is 0. The molecule has 0 unspecified atom stereocenters. The summed E-state index contributed by atoms with van der Waals surface area (Å²) in [7, 11) is 0. The van der Waals surface area contributed by atoms with Gasteiger partial charge in [-0.25, -0.2) is 0 Å². The van der Waals surface area contributed by atoms with Gasteiger partial charge < -0.3 is 0 Å². The second-order valence-corrected chi connectivity index (χ2v) is 12.3.